The van der Waals surface area contributed by atoms with Crippen LogP contribution in [0.3, 0.4) is 0 Å². The van der Waals surface area contributed by atoms with E-state index in [0.29, 0.717) is 0 Å². The molecule has 10 heavy (non-hydrogen) atoms. The summed E-state index contributed by atoms with van der Waals surface area (Å²) in [5.41, 5.74) is 5.71. The van der Waals surface area contributed by atoms with Gasteiger partial charge in [-0.15, -0.1) is 0 Å². The van der Waals surface area contributed by atoms with Gasteiger partial charge in [-0.3, -0.25) is 4.99 Å². The Bertz CT molecular complexity index is 140. The molecule has 0 aromatic rings. The number of nitrogens with two attached hydrogens (primary N) is 1. The van der Waals surface area contributed by atoms with Crippen molar-refractivity contribution in [3.8, 4) is 0 Å². The topological polar surface area (TPSA) is 41.6 Å². The van der Waals surface area contributed by atoms with Gasteiger partial charge in [0.25, 0.3) is 0 Å². The Morgan fingerprint density at radius 2 is 2.50 bits per heavy atom. The normalized spacial score (nSPS) is 21.1. The van der Waals surface area contributed by atoms with Gasteiger partial charge in [0.05, 0.1) is 18.5 Å². The third-order valence-electron chi connectivity index (χ3n) is 1.77. The van der Waals surface area contributed by atoms with Crippen LogP contribution in [0.5, 0.6) is 0 Å². The number of rotatable bonds is 2. The smallest absolute Gasteiger partial charge is 0.0999 e. The van der Waals surface area contributed by atoms with Crippen LogP contribution < -0.4 is 5.73 Å². The van der Waals surface area contributed by atoms with Crippen LogP contribution in [0.4, 0.5) is 0 Å². The molecule has 1 aliphatic rings. The number of aliphatic imine (C=N–C) groups is 1. The van der Waals surface area contributed by atoms with E-state index >= 15 is 0 Å². The first-order valence-electron chi connectivity index (χ1n) is 3.81. The Morgan fingerprint density at radius 1 is 1.80 bits per heavy atom. The van der Waals surface area contributed by atoms with Crippen LogP contribution in [0.1, 0.15) is 20.3 Å². The van der Waals surface area contributed by atoms with Crippen molar-refractivity contribution in [2.45, 2.75) is 26.4 Å². The van der Waals surface area contributed by atoms with E-state index in [0.717, 1.165) is 25.3 Å². The molecule has 1 rings (SSSR count). The molecule has 0 spiro atoms. The molecule has 0 aromatic heterocycles. The van der Waals surface area contributed by atoms with E-state index < -0.39 is 0 Å². The van der Waals surface area contributed by atoms with Crippen molar-refractivity contribution < 1.29 is 0 Å². The van der Waals surface area contributed by atoms with Crippen molar-refractivity contribution in [2.75, 3.05) is 13.1 Å². The summed E-state index contributed by atoms with van der Waals surface area (Å²) in [6.45, 7) is 6.03. The zero-order valence-electron chi connectivity index (χ0n) is 6.67. The minimum atomic E-state index is 0.126. The Morgan fingerprint density at radius 3 is 2.90 bits per heavy atom. The lowest BCUT2D eigenvalue weighted by Gasteiger charge is -2.23. The summed E-state index contributed by atoms with van der Waals surface area (Å²) in [4.78, 5) is 6.47. The monoisotopic (exact) mass is 141 g/mol. The maximum atomic E-state index is 5.71. The van der Waals surface area contributed by atoms with Crippen LogP contribution in [-0.2, 0) is 0 Å². The van der Waals surface area contributed by atoms with E-state index in [9.17, 15) is 0 Å². The van der Waals surface area contributed by atoms with Gasteiger partial charge in [0, 0.05) is 13.0 Å². The fraction of sp³-hybridized carbons (Fsp3) is 0.857. The fourth-order valence-corrected chi connectivity index (χ4v) is 1.26. The molecular weight excluding hydrogens is 126 g/mol. The van der Waals surface area contributed by atoms with E-state index in [-0.39, 0.29) is 6.17 Å². The first kappa shape index (κ1) is 7.54. The van der Waals surface area contributed by atoms with Crippen LogP contribution in [0.15, 0.2) is 4.99 Å². The van der Waals surface area contributed by atoms with Crippen LogP contribution in [0.2, 0.25) is 0 Å². The molecule has 1 aliphatic heterocycles. The van der Waals surface area contributed by atoms with Gasteiger partial charge in [0.1, 0.15) is 0 Å². The quantitative estimate of drug-likeness (QED) is 0.605. The van der Waals surface area contributed by atoms with Crippen LogP contribution >= 0.6 is 0 Å². The van der Waals surface area contributed by atoms with Crippen molar-refractivity contribution in [2.24, 2.45) is 10.7 Å². The maximum absolute atomic E-state index is 5.71. The minimum absolute atomic E-state index is 0.126. The summed E-state index contributed by atoms with van der Waals surface area (Å²) in [5.74, 6) is 1.16. The van der Waals surface area contributed by atoms with Gasteiger partial charge in [-0.25, -0.2) is 0 Å². The largest absolute Gasteiger partial charge is 0.343 e. The summed E-state index contributed by atoms with van der Waals surface area (Å²) in [6, 6.07) is 0. The predicted molar refractivity (Wildman–Crippen MR) is 42.9 cm³/mol. The van der Waals surface area contributed by atoms with Crippen LogP contribution in [0.25, 0.3) is 0 Å². The molecule has 1 atom stereocenters. The standard InChI is InChI=1S/C7H15N3/c1-3-7-9-4-5-10(7)6(2)8/h6H,3-5,8H2,1-2H3. The molecule has 1 heterocycles. The first-order valence-corrected chi connectivity index (χ1v) is 3.81. The second kappa shape index (κ2) is 3.01. The third kappa shape index (κ3) is 1.29. The first-order chi connectivity index (χ1) is 4.75. The van der Waals surface area contributed by atoms with Crippen molar-refractivity contribution >= 4 is 5.84 Å². The number of hydrogen-bond acceptors (Lipinski definition) is 3. The van der Waals surface area contributed by atoms with E-state index in [1.54, 1.807) is 0 Å². The molecule has 0 fully saturated rings. The molecule has 0 saturated carbocycles. The SMILES string of the molecule is CCC1=NCCN1C(C)N. The third-order valence-corrected chi connectivity index (χ3v) is 1.77. The summed E-state index contributed by atoms with van der Waals surface area (Å²) in [7, 11) is 0. The Balaban J connectivity index is 2.54. The maximum Gasteiger partial charge on any atom is 0.0999 e. The van der Waals surface area contributed by atoms with E-state index in [4.69, 9.17) is 5.73 Å². The van der Waals surface area contributed by atoms with E-state index in [1.165, 1.54) is 0 Å². The van der Waals surface area contributed by atoms with Gasteiger partial charge in [-0.2, -0.15) is 0 Å². The predicted octanol–water partition coefficient (Wildman–Crippen LogP) is 0.415. The molecular formula is C7H15N3. The van der Waals surface area contributed by atoms with Gasteiger partial charge in [0.2, 0.25) is 0 Å². The molecule has 0 aliphatic carbocycles. The minimum Gasteiger partial charge on any atom is -0.343 e. The lowest BCUT2D eigenvalue weighted by Crippen LogP contribution is -2.41. The summed E-state index contributed by atoms with van der Waals surface area (Å²) < 4.78 is 0. The number of hydrogen-bond donors (Lipinski definition) is 1. The Kier molecular flexibility index (Phi) is 2.27. The van der Waals surface area contributed by atoms with E-state index in [1.807, 2.05) is 6.92 Å². The average molecular weight is 141 g/mol. The van der Waals surface area contributed by atoms with Gasteiger partial charge in [-0.1, -0.05) is 6.92 Å². The highest BCUT2D eigenvalue weighted by molar-refractivity contribution is 5.83. The fourth-order valence-electron chi connectivity index (χ4n) is 1.26. The molecule has 1 unspecified atom stereocenters. The van der Waals surface area contributed by atoms with Crippen molar-refractivity contribution in [3.63, 3.8) is 0 Å². The Labute approximate surface area is 61.9 Å². The molecule has 0 aromatic carbocycles. The van der Waals surface area contributed by atoms with Gasteiger partial charge < -0.3 is 10.6 Å². The Hall–Kier alpha value is -0.570. The molecule has 3 heteroatoms. The van der Waals surface area contributed by atoms with Crippen molar-refractivity contribution in [1.29, 1.82) is 0 Å². The molecule has 2 N–H and O–H groups in total. The van der Waals surface area contributed by atoms with Crippen molar-refractivity contribution in [1.82, 2.24) is 4.90 Å². The van der Waals surface area contributed by atoms with Gasteiger partial charge >= 0.3 is 0 Å². The highest BCUT2D eigenvalue weighted by Gasteiger charge is 2.17. The average Bonchev–Trinajstić information content (AvgIpc) is 2.33. The molecule has 0 bridgehead atoms. The molecule has 58 valence electrons. The zero-order chi connectivity index (χ0) is 7.56. The second-order valence-electron chi connectivity index (χ2n) is 2.59. The zero-order valence-corrected chi connectivity index (χ0v) is 6.67. The molecule has 0 radical (unpaired) electrons. The summed E-state index contributed by atoms with van der Waals surface area (Å²) in [6.07, 6.45) is 1.13. The van der Waals surface area contributed by atoms with Gasteiger partial charge in [0.15, 0.2) is 0 Å². The summed E-state index contributed by atoms with van der Waals surface area (Å²) in [5, 5.41) is 0. The van der Waals surface area contributed by atoms with Gasteiger partial charge in [-0.05, 0) is 6.92 Å². The summed E-state index contributed by atoms with van der Waals surface area (Å²) >= 11 is 0. The molecule has 0 amide bonds. The van der Waals surface area contributed by atoms with Crippen LogP contribution in [-0.4, -0.2) is 30.0 Å². The lowest BCUT2D eigenvalue weighted by atomic mass is 10.3. The molecule has 3 nitrogen and oxygen atoms in total. The number of nitrogens with zero attached hydrogens (tertiary/aromatic N) is 2. The molecule has 0 saturated heterocycles. The lowest BCUT2D eigenvalue weighted by molar-refractivity contribution is 0.361. The highest BCUT2D eigenvalue weighted by atomic mass is 15.3. The van der Waals surface area contributed by atoms with E-state index in [2.05, 4.69) is 16.8 Å². The van der Waals surface area contributed by atoms with Crippen molar-refractivity contribution in [3.05, 3.63) is 0 Å². The highest BCUT2D eigenvalue weighted by Crippen LogP contribution is 2.05. The second-order valence-corrected chi connectivity index (χ2v) is 2.59. The van der Waals surface area contributed by atoms with Crippen LogP contribution in [0, 0.1) is 0 Å². The number of amidine groups is 1.